The molecular weight excluding hydrogens is 422 g/mol. The third kappa shape index (κ3) is 5.82. The highest BCUT2D eigenvalue weighted by Gasteiger charge is 2.20. The van der Waals surface area contributed by atoms with Crippen LogP contribution in [0.3, 0.4) is 0 Å². The monoisotopic (exact) mass is 449 g/mol. The first-order valence-electron chi connectivity index (χ1n) is 10.3. The van der Waals surface area contributed by atoms with Crippen molar-refractivity contribution >= 4 is 29.2 Å². The van der Waals surface area contributed by atoms with Crippen molar-refractivity contribution in [1.29, 1.82) is 0 Å². The van der Waals surface area contributed by atoms with Crippen molar-refractivity contribution in [3.63, 3.8) is 0 Å². The number of anilines is 1. The fourth-order valence-corrected chi connectivity index (χ4v) is 3.92. The van der Waals surface area contributed by atoms with Crippen LogP contribution in [0.4, 0.5) is 5.69 Å². The maximum absolute atomic E-state index is 12.9. The number of nitrogens with zero attached hydrogens (tertiary/aromatic N) is 1. The Balaban J connectivity index is 1.72. The Morgan fingerprint density at radius 3 is 2.56 bits per heavy atom. The van der Waals surface area contributed by atoms with Crippen LogP contribution in [0.1, 0.15) is 25.3 Å². The van der Waals surface area contributed by atoms with Gasteiger partial charge in [-0.05, 0) is 54.1 Å². The zero-order chi connectivity index (χ0) is 22.9. The Bertz CT molecular complexity index is 1080. The molecule has 0 saturated carbocycles. The molecule has 0 saturated heterocycles. The minimum Gasteiger partial charge on any atom is -0.481 e. The summed E-state index contributed by atoms with van der Waals surface area (Å²) < 4.78 is 5.94. The predicted molar refractivity (Wildman–Crippen MR) is 131 cm³/mol. The smallest absolute Gasteiger partial charge is 0.265 e. The van der Waals surface area contributed by atoms with Crippen LogP contribution in [0.15, 0.2) is 82.8 Å². The van der Waals surface area contributed by atoms with Gasteiger partial charge in [-0.2, -0.15) is 0 Å². The van der Waals surface area contributed by atoms with Gasteiger partial charge in [0.05, 0.1) is 0 Å². The minimum atomic E-state index is -0.667. The molecule has 166 valence electrons. The van der Waals surface area contributed by atoms with Gasteiger partial charge in [-0.3, -0.25) is 4.79 Å². The van der Waals surface area contributed by atoms with E-state index in [4.69, 9.17) is 15.7 Å². The Hall–Kier alpha value is -3.45. The van der Waals surface area contributed by atoms with Crippen molar-refractivity contribution in [2.45, 2.75) is 30.8 Å². The number of oxime groups is 1. The summed E-state index contributed by atoms with van der Waals surface area (Å²) in [6.07, 6.45) is 2.72. The van der Waals surface area contributed by atoms with Gasteiger partial charge >= 0.3 is 0 Å². The summed E-state index contributed by atoms with van der Waals surface area (Å²) in [5.41, 5.74) is 9.13. The zero-order valence-corrected chi connectivity index (χ0v) is 18.9. The number of ether oxygens (including phenoxy) is 1. The third-order valence-corrected chi connectivity index (χ3v) is 5.73. The molecule has 7 heteroatoms. The van der Waals surface area contributed by atoms with Gasteiger partial charge in [0.15, 0.2) is 11.9 Å². The Kier molecular flexibility index (Phi) is 8.16. The summed E-state index contributed by atoms with van der Waals surface area (Å²) in [6.45, 7) is 1.99. The molecule has 3 rings (SSSR count). The van der Waals surface area contributed by atoms with Crippen molar-refractivity contribution in [2.75, 3.05) is 11.6 Å². The van der Waals surface area contributed by atoms with Crippen LogP contribution in [0.25, 0.3) is 11.1 Å². The second kappa shape index (κ2) is 11.2. The highest BCUT2D eigenvalue weighted by molar-refractivity contribution is 7.98. The average Bonchev–Trinajstić information content (AvgIpc) is 2.84. The lowest BCUT2D eigenvalue weighted by molar-refractivity contribution is -0.123. The van der Waals surface area contributed by atoms with Gasteiger partial charge in [0.1, 0.15) is 5.75 Å². The van der Waals surface area contributed by atoms with E-state index in [-0.39, 0.29) is 11.7 Å². The first-order valence-corrected chi connectivity index (χ1v) is 11.6. The predicted octanol–water partition coefficient (Wildman–Crippen LogP) is 5.36. The summed E-state index contributed by atoms with van der Waals surface area (Å²) >= 11 is 1.70. The molecule has 0 bridgehead atoms. The van der Waals surface area contributed by atoms with Crippen LogP contribution in [0, 0.1) is 0 Å². The van der Waals surface area contributed by atoms with Gasteiger partial charge in [0.25, 0.3) is 5.91 Å². The van der Waals surface area contributed by atoms with Crippen LogP contribution in [0.2, 0.25) is 0 Å². The standard InChI is InChI=1S/C25H27N3O3S/c1-3-7-22(31-20-9-6-8-18(16-20)24(26)28-30)25(29)27-19-14-12-17(13-15-19)21-10-4-5-11-23(21)32-2/h4-6,8-16,22,30H,3,7H2,1-2H3,(H2,26,28)(H,27,29). The van der Waals surface area contributed by atoms with E-state index in [1.807, 2.05) is 43.3 Å². The van der Waals surface area contributed by atoms with Gasteiger partial charge in [-0.25, -0.2) is 0 Å². The number of hydrogen-bond donors (Lipinski definition) is 3. The van der Waals surface area contributed by atoms with Crippen molar-refractivity contribution in [1.82, 2.24) is 0 Å². The molecule has 0 aliphatic heterocycles. The van der Waals surface area contributed by atoms with E-state index in [2.05, 4.69) is 28.9 Å². The molecule has 1 amide bonds. The second-order valence-electron chi connectivity index (χ2n) is 7.18. The lowest BCUT2D eigenvalue weighted by Crippen LogP contribution is -2.33. The largest absolute Gasteiger partial charge is 0.481 e. The van der Waals surface area contributed by atoms with E-state index < -0.39 is 6.10 Å². The first kappa shape index (κ1) is 23.2. The molecule has 0 spiro atoms. The number of carbonyl (C=O) groups excluding carboxylic acids is 1. The van der Waals surface area contributed by atoms with Crippen LogP contribution < -0.4 is 15.8 Å². The number of benzene rings is 3. The number of thioether (sulfide) groups is 1. The van der Waals surface area contributed by atoms with Crippen LogP contribution in [0.5, 0.6) is 5.75 Å². The molecule has 0 heterocycles. The van der Waals surface area contributed by atoms with Crippen LogP contribution >= 0.6 is 11.8 Å². The normalized spacial score (nSPS) is 12.2. The number of nitrogens with two attached hydrogens (primary N) is 1. The molecule has 0 aliphatic rings. The number of carbonyl (C=O) groups is 1. The molecule has 0 fully saturated rings. The molecule has 3 aromatic carbocycles. The molecule has 1 unspecified atom stereocenters. The van der Waals surface area contributed by atoms with E-state index in [1.165, 1.54) is 4.90 Å². The van der Waals surface area contributed by atoms with Crippen molar-refractivity contribution < 1.29 is 14.7 Å². The molecule has 32 heavy (non-hydrogen) atoms. The molecule has 4 N–H and O–H groups in total. The fourth-order valence-electron chi connectivity index (χ4n) is 3.30. The maximum Gasteiger partial charge on any atom is 0.265 e. The number of rotatable bonds is 9. The summed E-state index contributed by atoms with van der Waals surface area (Å²) in [5.74, 6) is 0.236. The minimum absolute atomic E-state index is 0.0184. The zero-order valence-electron chi connectivity index (χ0n) is 18.1. The molecular formula is C25H27N3O3S. The van der Waals surface area contributed by atoms with Crippen molar-refractivity contribution in [2.24, 2.45) is 10.9 Å². The van der Waals surface area contributed by atoms with Gasteiger partial charge < -0.3 is 21.0 Å². The number of hydrogen-bond acceptors (Lipinski definition) is 5. The van der Waals surface area contributed by atoms with Crippen LogP contribution in [-0.4, -0.2) is 29.3 Å². The number of amides is 1. The quantitative estimate of drug-likeness (QED) is 0.134. The molecule has 6 nitrogen and oxygen atoms in total. The Morgan fingerprint density at radius 1 is 1.12 bits per heavy atom. The topological polar surface area (TPSA) is 96.9 Å². The van der Waals surface area contributed by atoms with Gasteiger partial charge in [0, 0.05) is 16.1 Å². The van der Waals surface area contributed by atoms with Gasteiger partial charge in [0.2, 0.25) is 0 Å². The Morgan fingerprint density at radius 2 is 1.88 bits per heavy atom. The summed E-state index contributed by atoms with van der Waals surface area (Å²) in [6, 6.07) is 22.8. The fraction of sp³-hybridized carbons (Fsp3) is 0.200. The van der Waals surface area contributed by atoms with E-state index >= 15 is 0 Å². The first-order chi connectivity index (χ1) is 15.5. The van der Waals surface area contributed by atoms with Crippen molar-refractivity contribution in [3.05, 3.63) is 78.4 Å². The van der Waals surface area contributed by atoms with Gasteiger partial charge in [-0.1, -0.05) is 61.0 Å². The highest BCUT2D eigenvalue weighted by Crippen LogP contribution is 2.30. The van der Waals surface area contributed by atoms with Crippen molar-refractivity contribution in [3.8, 4) is 16.9 Å². The maximum atomic E-state index is 12.9. The SMILES string of the molecule is CCCC(Oc1cccc(/C(N)=N/O)c1)C(=O)Nc1ccc(-c2ccccc2SC)cc1. The lowest BCUT2D eigenvalue weighted by atomic mass is 10.1. The molecule has 0 radical (unpaired) electrons. The third-order valence-electron chi connectivity index (χ3n) is 4.93. The summed E-state index contributed by atoms with van der Waals surface area (Å²) in [7, 11) is 0. The second-order valence-corrected chi connectivity index (χ2v) is 8.02. The highest BCUT2D eigenvalue weighted by atomic mass is 32.2. The van der Waals surface area contributed by atoms with E-state index in [0.29, 0.717) is 23.4 Å². The average molecular weight is 450 g/mol. The van der Waals surface area contributed by atoms with E-state index in [0.717, 1.165) is 17.5 Å². The molecule has 3 aromatic rings. The molecule has 0 aromatic heterocycles. The van der Waals surface area contributed by atoms with Crippen LogP contribution in [-0.2, 0) is 4.79 Å². The molecule has 1 atom stereocenters. The summed E-state index contributed by atoms with van der Waals surface area (Å²) in [5, 5.41) is 14.8. The number of amidine groups is 1. The number of nitrogens with one attached hydrogen (secondary N) is 1. The van der Waals surface area contributed by atoms with E-state index in [9.17, 15) is 4.79 Å². The van der Waals surface area contributed by atoms with E-state index in [1.54, 1.807) is 36.0 Å². The molecule has 0 aliphatic carbocycles. The summed E-state index contributed by atoms with van der Waals surface area (Å²) in [4.78, 5) is 14.1. The lowest BCUT2D eigenvalue weighted by Gasteiger charge is -2.19. The van der Waals surface area contributed by atoms with Gasteiger partial charge in [-0.15, -0.1) is 11.8 Å². The Labute approximate surface area is 192 Å².